The van der Waals surface area contributed by atoms with Gasteiger partial charge in [-0.25, -0.2) is 0 Å². The van der Waals surface area contributed by atoms with Crippen molar-refractivity contribution in [3.8, 4) is 0 Å². The summed E-state index contributed by atoms with van der Waals surface area (Å²) in [5.74, 6) is 0.0747. The van der Waals surface area contributed by atoms with E-state index >= 15 is 0 Å². The quantitative estimate of drug-likeness (QED) is 0.879. The van der Waals surface area contributed by atoms with Crippen LogP contribution in [0.5, 0.6) is 0 Å². The van der Waals surface area contributed by atoms with Crippen molar-refractivity contribution < 1.29 is 4.79 Å². The highest BCUT2D eigenvalue weighted by molar-refractivity contribution is 5.92. The van der Waals surface area contributed by atoms with Crippen LogP contribution < -0.4 is 5.32 Å². The third-order valence-electron chi connectivity index (χ3n) is 3.70. The van der Waals surface area contributed by atoms with Crippen molar-refractivity contribution in [2.75, 3.05) is 5.32 Å². The Morgan fingerprint density at radius 1 is 0.905 bits per heavy atom. The Labute approximate surface area is 127 Å². The van der Waals surface area contributed by atoms with Gasteiger partial charge in [-0.3, -0.25) is 4.79 Å². The van der Waals surface area contributed by atoms with Gasteiger partial charge in [-0.05, 0) is 50.8 Å². The van der Waals surface area contributed by atoms with Crippen molar-refractivity contribution in [3.63, 3.8) is 0 Å². The van der Waals surface area contributed by atoms with E-state index in [0.717, 1.165) is 23.2 Å². The molecule has 0 aromatic heterocycles. The van der Waals surface area contributed by atoms with Crippen LogP contribution in [0.2, 0.25) is 0 Å². The summed E-state index contributed by atoms with van der Waals surface area (Å²) < 4.78 is 0. The first-order chi connectivity index (χ1) is 9.95. The fourth-order valence-electron chi connectivity index (χ4n) is 2.59. The minimum Gasteiger partial charge on any atom is -0.326 e. The summed E-state index contributed by atoms with van der Waals surface area (Å²) in [6.07, 6.45) is 1.28. The second-order valence-corrected chi connectivity index (χ2v) is 5.81. The van der Waals surface area contributed by atoms with Crippen LogP contribution in [-0.4, -0.2) is 5.91 Å². The Morgan fingerprint density at radius 3 is 2.05 bits per heavy atom. The molecule has 0 saturated heterocycles. The number of hydrogen-bond acceptors (Lipinski definition) is 1. The van der Waals surface area contributed by atoms with E-state index in [0.29, 0.717) is 6.42 Å². The predicted molar refractivity (Wildman–Crippen MR) is 88.8 cm³/mol. The van der Waals surface area contributed by atoms with Crippen LogP contribution >= 0.6 is 0 Å². The van der Waals surface area contributed by atoms with Gasteiger partial charge in [0.05, 0.1) is 0 Å². The molecule has 0 bridgehead atoms. The van der Waals surface area contributed by atoms with Crippen LogP contribution in [-0.2, 0) is 11.2 Å². The molecule has 0 radical (unpaired) electrons. The van der Waals surface area contributed by atoms with Crippen LogP contribution in [0, 0.1) is 27.7 Å². The van der Waals surface area contributed by atoms with Crippen LogP contribution in [0.3, 0.4) is 0 Å². The Hall–Kier alpha value is -2.09. The largest absolute Gasteiger partial charge is 0.326 e. The van der Waals surface area contributed by atoms with Crippen molar-refractivity contribution in [3.05, 3.63) is 64.2 Å². The smallest absolute Gasteiger partial charge is 0.224 e. The highest BCUT2D eigenvalue weighted by Gasteiger charge is 2.08. The lowest BCUT2D eigenvalue weighted by molar-refractivity contribution is -0.116. The molecular formula is C19H23NO. The fourth-order valence-corrected chi connectivity index (χ4v) is 2.59. The van der Waals surface area contributed by atoms with Gasteiger partial charge in [-0.2, -0.15) is 0 Å². The average Bonchev–Trinajstić information content (AvgIpc) is 2.42. The molecule has 21 heavy (non-hydrogen) atoms. The lowest BCUT2D eigenvalue weighted by Gasteiger charge is -2.13. The Bertz CT molecular complexity index is 618. The molecule has 0 unspecified atom stereocenters. The number of rotatable bonds is 4. The summed E-state index contributed by atoms with van der Waals surface area (Å²) in [5, 5.41) is 3.05. The van der Waals surface area contributed by atoms with E-state index in [9.17, 15) is 4.79 Å². The van der Waals surface area contributed by atoms with E-state index in [2.05, 4.69) is 55.6 Å². The second kappa shape index (κ2) is 6.57. The summed E-state index contributed by atoms with van der Waals surface area (Å²) in [6.45, 7) is 8.22. The second-order valence-electron chi connectivity index (χ2n) is 5.81. The Kier molecular flexibility index (Phi) is 4.79. The first kappa shape index (κ1) is 15.3. The number of aryl methyl sites for hydroxylation is 5. The molecule has 0 aliphatic rings. The topological polar surface area (TPSA) is 29.1 Å². The van der Waals surface area contributed by atoms with Crippen molar-refractivity contribution in [2.45, 2.75) is 40.5 Å². The van der Waals surface area contributed by atoms with Crippen LogP contribution in [0.1, 0.15) is 34.2 Å². The van der Waals surface area contributed by atoms with E-state index in [4.69, 9.17) is 0 Å². The standard InChI is InChI=1S/C19H23NO/c1-13-5-7-17(8-6-13)9-10-18(21)20-19-15(3)11-14(2)12-16(19)4/h5-8,11-12H,9-10H2,1-4H3,(H,20,21). The summed E-state index contributed by atoms with van der Waals surface area (Å²) in [5.41, 5.74) is 6.87. The van der Waals surface area contributed by atoms with Gasteiger partial charge in [-0.1, -0.05) is 47.5 Å². The monoisotopic (exact) mass is 281 g/mol. The molecule has 2 aromatic rings. The highest BCUT2D eigenvalue weighted by Crippen LogP contribution is 2.22. The highest BCUT2D eigenvalue weighted by atomic mass is 16.1. The fraction of sp³-hybridized carbons (Fsp3) is 0.316. The molecule has 1 N–H and O–H groups in total. The summed E-state index contributed by atoms with van der Waals surface area (Å²) in [6, 6.07) is 12.5. The van der Waals surface area contributed by atoms with Crippen molar-refractivity contribution in [2.24, 2.45) is 0 Å². The molecule has 2 heteroatoms. The molecule has 0 aliphatic heterocycles. The molecule has 0 saturated carbocycles. The summed E-state index contributed by atoms with van der Waals surface area (Å²) in [7, 11) is 0. The van der Waals surface area contributed by atoms with Crippen LogP contribution in [0.4, 0.5) is 5.69 Å². The molecule has 0 aliphatic carbocycles. The van der Waals surface area contributed by atoms with Crippen molar-refractivity contribution >= 4 is 11.6 Å². The van der Waals surface area contributed by atoms with Crippen LogP contribution in [0.25, 0.3) is 0 Å². The maximum absolute atomic E-state index is 12.1. The Balaban J connectivity index is 1.97. The van der Waals surface area contributed by atoms with Gasteiger partial charge in [0.1, 0.15) is 0 Å². The van der Waals surface area contributed by atoms with E-state index in [-0.39, 0.29) is 5.91 Å². The number of benzene rings is 2. The maximum atomic E-state index is 12.1. The van der Waals surface area contributed by atoms with Gasteiger partial charge in [-0.15, -0.1) is 0 Å². The molecule has 0 spiro atoms. The molecule has 1 amide bonds. The van der Waals surface area contributed by atoms with E-state index in [1.807, 2.05) is 13.8 Å². The van der Waals surface area contributed by atoms with Crippen molar-refractivity contribution in [1.82, 2.24) is 0 Å². The predicted octanol–water partition coefficient (Wildman–Crippen LogP) is 4.49. The molecule has 110 valence electrons. The first-order valence-electron chi connectivity index (χ1n) is 7.39. The maximum Gasteiger partial charge on any atom is 0.224 e. The zero-order chi connectivity index (χ0) is 15.4. The zero-order valence-corrected chi connectivity index (χ0v) is 13.3. The molecular weight excluding hydrogens is 258 g/mol. The van der Waals surface area contributed by atoms with Gasteiger partial charge < -0.3 is 5.32 Å². The lowest BCUT2D eigenvalue weighted by atomic mass is 10.0. The molecule has 0 atom stereocenters. The van der Waals surface area contributed by atoms with Gasteiger partial charge in [0, 0.05) is 12.1 Å². The number of anilines is 1. The van der Waals surface area contributed by atoms with E-state index < -0.39 is 0 Å². The number of carbonyl (C=O) groups is 1. The third-order valence-corrected chi connectivity index (χ3v) is 3.70. The van der Waals surface area contributed by atoms with E-state index in [1.54, 1.807) is 0 Å². The average molecular weight is 281 g/mol. The zero-order valence-electron chi connectivity index (χ0n) is 13.3. The number of carbonyl (C=O) groups excluding carboxylic acids is 1. The first-order valence-corrected chi connectivity index (χ1v) is 7.39. The minimum absolute atomic E-state index is 0.0747. The van der Waals surface area contributed by atoms with Gasteiger partial charge in [0.15, 0.2) is 0 Å². The van der Waals surface area contributed by atoms with Crippen LogP contribution in [0.15, 0.2) is 36.4 Å². The Morgan fingerprint density at radius 2 is 1.48 bits per heavy atom. The summed E-state index contributed by atoms with van der Waals surface area (Å²) in [4.78, 5) is 12.1. The molecule has 0 fully saturated rings. The summed E-state index contributed by atoms with van der Waals surface area (Å²) >= 11 is 0. The molecule has 2 nitrogen and oxygen atoms in total. The van der Waals surface area contributed by atoms with Gasteiger partial charge in [0.2, 0.25) is 5.91 Å². The SMILES string of the molecule is Cc1ccc(CCC(=O)Nc2c(C)cc(C)cc2C)cc1. The third kappa shape index (κ3) is 4.19. The minimum atomic E-state index is 0.0747. The number of nitrogens with one attached hydrogen (secondary N) is 1. The van der Waals surface area contributed by atoms with Gasteiger partial charge in [0.25, 0.3) is 0 Å². The normalized spacial score (nSPS) is 10.5. The molecule has 2 aromatic carbocycles. The van der Waals surface area contributed by atoms with Gasteiger partial charge >= 0.3 is 0 Å². The number of hydrogen-bond donors (Lipinski definition) is 1. The molecule has 2 rings (SSSR count). The number of amides is 1. The lowest BCUT2D eigenvalue weighted by Crippen LogP contribution is -2.14. The van der Waals surface area contributed by atoms with Crippen molar-refractivity contribution in [1.29, 1.82) is 0 Å². The van der Waals surface area contributed by atoms with E-state index in [1.165, 1.54) is 16.7 Å². The molecule has 0 heterocycles.